The highest BCUT2D eigenvalue weighted by Gasteiger charge is 2.18. The van der Waals surface area contributed by atoms with Crippen LogP contribution in [0.3, 0.4) is 0 Å². The molecule has 1 aliphatic rings. The fraction of sp³-hybridized carbons (Fsp3) is 0.417. The quantitative estimate of drug-likeness (QED) is 0.856. The van der Waals surface area contributed by atoms with Gasteiger partial charge in [-0.25, -0.2) is 4.39 Å². The van der Waals surface area contributed by atoms with Crippen molar-refractivity contribution in [2.24, 2.45) is 4.99 Å². The Morgan fingerprint density at radius 1 is 1.50 bits per heavy atom. The Labute approximate surface area is 99.3 Å². The van der Waals surface area contributed by atoms with E-state index in [0.717, 1.165) is 11.7 Å². The molecular formula is C12H15FN2S. The molecule has 2 rings (SSSR count). The molecule has 16 heavy (non-hydrogen) atoms. The van der Waals surface area contributed by atoms with E-state index < -0.39 is 0 Å². The Bertz CT molecular complexity index is 406. The van der Waals surface area contributed by atoms with Gasteiger partial charge >= 0.3 is 0 Å². The molecule has 86 valence electrons. The van der Waals surface area contributed by atoms with Crippen LogP contribution in [0.1, 0.15) is 25.5 Å². The van der Waals surface area contributed by atoms with Crippen molar-refractivity contribution < 1.29 is 4.39 Å². The largest absolute Gasteiger partial charge is 0.358 e. The van der Waals surface area contributed by atoms with Gasteiger partial charge in [0.2, 0.25) is 0 Å². The van der Waals surface area contributed by atoms with Crippen molar-refractivity contribution in [2.75, 3.05) is 6.54 Å². The van der Waals surface area contributed by atoms with Crippen molar-refractivity contribution in [1.82, 2.24) is 5.32 Å². The van der Waals surface area contributed by atoms with Gasteiger partial charge in [-0.1, -0.05) is 36.9 Å². The highest BCUT2D eigenvalue weighted by Crippen LogP contribution is 2.22. The van der Waals surface area contributed by atoms with Crippen LogP contribution in [-0.4, -0.2) is 17.0 Å². The molecule has 0 fully saturated rings. The number of benzene rings is 1. The number of hydrogen-bond acceptors (Lipinski definition) is 3. The summed E-state index contributed by atoms with van der Waals surface area (Å²) in [4.78, 5) is 4.36. The van der Waals surface area contributed by atoms with Gasteiger partial charge in [-0.15, -0.1) is 0 Å². The predicted molar refractivity (Wildman–Crippen MR) is 67.3 cm³/mol. The van der Waals surface area contributed by atoms with E-state index in [9.17, 15) is 4.39 Å². The summed E-state index contributed by atoms with van der Waals surface area (Å²) in [6.45, 7) is 4.93. The molecular weight excluding hydrogens is 223 g/mol. The maximum absolute atomic E-state index is 13.5. The minimum Gasteiger partial charge on any atom is -0.358 e. The molecule has 0 amide bonds. The van der Waals surface area contributed by atoms with E-state index in [1.54, 1.807) is 23.9 Å². The van der Waals surface area contributed by atoms with Crippen LogP contribution in [0.15, 0.2) is 29.3 Å². The zero-order valence-electron chi connectivity index (χ0n) is 9.40. The van der Waals surface area contributed by atoms with Gasteiger partial charge in [0.1, 0.15) is 5.82 Å². The van der Waals surface area contributed by atoms with Crippen molar-refractivity contribution in [3.63, 3.8) is 0 Å². The summed E-state index contributed by atoms with van der Waals surface area (Å²) >= 11 is 1.71. The first-order valence-corrected chi connectivity index (χ1v) is 6.27. The predicted octanol–water partition coefficient (Wildman–Crippen LogP) is 2.97. The highest BCUT2D eigenvalue weighted by atomic mass is 32.2. The van der Waals surface area contributed by atoms with Crippen LogP contribution in [0, 0.1) is 5.82 Å². The van der Waals surface area contributed by atoms with E-state index in [-0.39, 0.29) is 11.9 Å². The molecule has 2 nitrogen and oxygen atoms in total. The van der Waals surface area contributed by atoms with Crippen LogP contribution in [0.4, 0.5) is 4.39 Å². The van der Waals surface area contributed by atoms with E-state index >= 15 is 0 Å². The third kappa shape index (κ3) is 2.55. The van der Waals surface area contributed by atoms with Gasteiger partial charge in [-0.2, -0.15) is 0 Å². The lowest BCUT2D eigenvalue weighted by atomic mass is 10.1. The zero-order valence-corrected chi connectivity index (χ0v) is 10.2. The summed E-state index contributed by atoms with van der Waals surface area (Å²) in [5.74, 6) is -0.167. The molecule has 1 aliphatic heterocycles. The smallest absolute Gasteiger partial charge is 0.157 e. The van der Waals surface area contributed by atoms with E-state index in [4.69, 9.17) is 0 Å². The lowest BCUT2D eigenvalue weighted by Gasteiger charge is -2.15. The van der Waals surface area contributed by atoms with Crippen LogP contribution in [0.25, 0.3) is 0 Å². The first kappa shape index (κ1) is 11.5. The Morgan fingerprint density at radius 3 is 2.88 bits per heavy atom. The zero-order chi connectivity index (χ0) is 11.5. The molecule has 0 bridgehead atoms. The number of aliphatic imine (C=N–C) groups is 1. The maximum Gasteiger partial charge on any atom is 0.157 e. The third-order valence-corrected chi connectivity index (χ3v) is 3.54. The molecule has 0 aliphatic carbocycles. The van der Waals surface area contributed by atoms with Gasteiger partial charge in [0, 0.05) is 10.8 Å². The van der Waals surface area contributed by atoms with Gasteiger partial charge in [0.05, 0.1) is 12.6 Å². The molecule has 1 heterocycles. The highest BCUT2D eigenvalue weighted by molar-refractivity contribution is 8.14. The van der Waals surface area contributed by atoms with Crippen molar-refractivity contribution in [1.29, 1.82) is 0 Å². The minimum atomic E-state index is -0.167. The Morgan fingerprint density at radius 2 is 2.25 bits per heavy atom. The van der Waals surface area contributed by atoms with Gasteiger partial charge in [-0.3, -0.25) is 4.99 Å². The molecule has 0 saturated carbocycles. The van der Waals surface area contributed by atoms with Crippen LogP contribution in [0.2, 0.25) is 0 Å². The lowest BCUT2D eigenvalue weighted by molar-refractivity contribution is 0.580. The summed E-state index contributed by atoms with van der Waals surface area (Å²) in [5.41, 5.74) is 0.686. The topological polar surface area (TPSA) is 24.4 Å². The first-order valence-electron chi connectivity index (χ1n) is 5.39. The van der Waals surface area contributed by atoms with Crippen molar-refractivity contribution >= 4 is 16.9 Å². The Balaban J connectivity index is 2.04. The molecule has 1 aromatic rings. The number of rotatable bonds is 2. The monoisotopic (exact) mass is 238 g/mol. The molecule has 2 atom stereocenters. The number of hydrogen-bond donors (Lipinski definition) is 1. The maximum atomic E-state index is 13.5. The second-order valence-electron chi connectivity index (χ2n) is 3.96. The van der Waals surface area contributed by atoms with Gasteiger partial charge in [-0.05, 0) is 13.0 Å². The summed E-state index contributed by atoms with van der Waals surface area (Å²) in [5, 5.41) is 4.68. The van der Waals surface area contributed by atoms with Gasteiger partial charge in [0.15, 0.2) is 5.17 Å². The Kier molecular flexibility index (Phi) is 3.49. The van der Waals surface area contributed by atoms with Crippen molar-refractivity contribution in [3.05, 3.63) is 35.6 Å². The van der Waals surface area contributed by atoms with Crippen molar-refractivity contribution in [3.8, 4) is 0 Å². The Hall–Kier alpha value is -1.03. The number of nitrogens with zero attached hydrogens (tertiary/aromatic N) is 1. The normalized spacial score (nSPS) is 21.7. The van der Waals surface area contributed by atoms with Gasteiger partial charge < -0.3 is 5.32 Å². The molecule has 2 unspecified atom stereocenters. The standard InChI is InChI=1S/C12H15FN2S/c1-8-7-14-12(16-8)15-9(2)10-5-3-4-6-11(10)13/h3-6,8-9H,7H2,1-2H3,(H,14,15). The number of nitrogens with one attached hydrogen (secondary N) is 1. The van der Waals surface area contributed by atoms with Crippen LogP contribution in [0.5, 0.6) is 0 Å². The summed E-state index contributed by atoms with van der Waals surface area (Å²) in [6, 6.07) is 6.80. The average molecular weight is 238 g/mol. The number of halogens is 1. The summed E-state index contributed by atoms with van der Waals surface area (Å²) in [7, 11) is 0. The number of amidine groups is 1. The van der Waals surface area contributed by atoms with E-state index in [0.29, 0.717) is 10.8 Å². The molecule has 0 spiro atoms. The van der Waals surface area contributed by atoms with Crippen LogP contribution in [-0.2, 0) is 0 Å². The van der Waals surface area contributed by atoms with E-state index in [1.807, 2.05) is 13.0 Å². The van der Waals surface area contributed by atoms with Crippen LogP contribution >= 0.6 is 11.8 Å². The third-order valence-electron chi connectivity index (χ3n) is 2.52. The lowest BCUT2D eigenvalue weighted by Crippen LogP contribution is -2.24. The molecule has 4 heteroatoms. The molecule has 0 radical (unpaired) electrons. The average Bonchev–Trinajstić information content (AvgIpc) is 2.64. The SMILES string of the molecule is CC1CN=C(NC(C)c2ccccc2F)S1. The summed E-state index contributed by atoms with van der Waals surface area (Å²) in [6.07, 6.45) is 0. The molecule has 1 aromatic carbocycles. The summed E-state index contributed by atoms with van der Waals surface area (Å²) < 4.78 is 13.5. The van der Waals surface area contributed by atoms with E-state index in [1.165, 1.54) is 6.07 Å². The first-order chi connectivity index (χ1) is 7.66. The second-order valence-corrected chi connectivity index (χ2v) is 5.39. The number of thioether (sulfide) groups is 1. The molecule has 0 saturated heterocycles. The molecule has 0 aromatic heterocycles. The second kappa shape index (κ2) is 4.87. The van der Waals surface area contributed by atoms with Crippen LogP contribution < -0.4 is 5.32 Å². The molecule has 1 N–H and O–H groups in total. The van der Waals surface area contributed by atoms with Gasteiger partial charge in [0.25, 0.3) is 0 Å². The fourth-order valence-electron chi connectivity index (χ4n) is 1.65. The van der Waals surface area contributed by atoms with Crippen molar-refractivity contribution in [2.45, 2.75) is 25.1 Å². The van der Waals surface area contributed by atoms with E-state index in [2.05, 4.69) is 17.2 Å². The fourth-order valence-corrected chi connectivity index (χ4v) is 2.57. The minimum absolute atomic E-state index is 0.0438.